The van der Waals surface area contributed by atoms with Gasteiger partial charge in [0.1, 0.15) is 0 Å². The average Bonchev–Trinajstić information content (AvgIpc) is 1.91. The van der Waals surface area contributed by atoms with Gasteiger partial charge in [0.15, 0.2) is 0 Å². The Kier molecular flexibility index (Phi) is 2.97. The van der Waals surface area contributed by atoms with Crippen LogP contribution in [0, 0.1) is 6.20 Å². The van der Waals surface area contributed by atoms with Gasteiger partial charge in [0, 0.05) is 10.6 Å². The number of alkyl halides is 1. The van der Waals surface area contributed by atoms with Crippen molar-refractivity contribution in [3.63, 3.8) is 0 Å². The lowest BCUT2D eigenvalue weighted by atomic mass is 10.2. The highest BCUT2D eigenvalue weighted by atomic mass is 127. The lowest BCUT2D eigenvalue weighted by Crippen LogP contribution is -1.85. The molecule has 0 spiro atoms. The van der Waals surface area contributed by atoms with E-state index in [0.29, 0.717) is 0 Å². The second-order valence-electron chi connectivity index (χ2n) is 1.71. The molecule has 0 unspecified atom stereocenters. The van der Waals surface area contributed by atoms with Gasteiger partial charge in [-0.15, -0.1) is 0 Å². The van der Waals surface area contributed by atoms with E-state index < -0.39 is 0 Å². The summed E-state index contributed by atoms with van der Waals surface area (Å²) in [6, 6.07) is 3.99. The van der Waals surface area contributed by atoms with Gasteiger partial charge in [0.25, 0.3) is 0 Å². The Labute approximate surface area is 68.6 Å². The number of hydrogen-bond donors (Lipinski definition) is 0. The summed E-state index contributed by atoms with van der Waals surface area (Å²) in [5, 5.41) is 0. The van der Waals surface area contributed by atoms with Crippen molar-refractivity contribution in [2.45, 2.75) is 6.42 Å². The monoisotopic (exact) mass is 232 g/mol. The minimum atomic E-state index is 1.08. The molecule has 0 aliphatic carbocycles. The predicted molar refractivity (Wildman–Crippen MR) is 45.7 cm³/mol. The SMILES string of the molecule is ICCc1[c]nccc1. The number of rotatable bonds is 2. The Morgan fingerprint density at radius 2 is 2.56 bits per heavy atom. The molecular formula is C7H7IN. The summed E-state index contributed by atoms with van der Waals surface area (Å²) >= 11 is 2.34. The molecule has 2 heteroatoms. The summed E-state index contributed by atoms with van der Waals surface area (Å²) in [6.45, 7) is 0. The van der Waals surface area contributed by atoms with E-state index in [9.17, 15) is 0 Å². The van der Waals surface area contributed by atoms with Crippen molar-refractivity contribution in [1.82, 2.24) is 4.98 Å². The van der Waals surface area contributed by atoms with E-state index in [1.807, 2.05) is 12.1 Å². The topological polar surface area (TPSA) is 12.9 Å². The summed E-state index contributed by atoms with van der Waals surface area (Å²) in [5.74, 6) is 0. The zero-order valence-electron chi connectivity index (χ0n) is 4.97. The molecule has 0 aliphatic heterocycles. The molecule has 0 N–H and O–H groups in total. The van der Waals surface area contributed by atoms with Crippen molar-refractivity contribution in [2.24, 2.45) is 0 Å². The number of nitrogens with zero attached hydrogens (tertiary/aromatic N) is 1. The fourth-order valence-electron chi connectivity index (χ4n) is 0.601. The number of aromatic nitrogens is 1. The average molecular weight is 232 g/mol. The quantitative estimate of drug-likeness (QED) is 0.560. The standard InChI is InChI=1S/C7H7IN/c8-4-3-7-2-1-5-9-6-7/h1-2,5H,3-4H2. The highest BCUT2D eigenvalue weighted by Crippen LogP contribution is 1.97. The van der Waals surface area contributed by atoms with Gasteiger partial charge in [0.05, 0.1) is 6.20 Å². The summed E-state index contributed by atoms with van der Waals surface area (Å²) in [5.41, 5.74) is 1.20. The third-order valence-corrected chi connectivity index (χ3v) is 1.57. The van der Waals surface area contributed by atoms with Crippen LogP contribution < -0.4 is 0 Å². The molecule has 1 radical (unpaired) electrons. The minimum absolute atomic E-state index is 1.08. The Morgan fingerprint density at radius 3 is 3.11 bits per heavy atom. The third kappa shape index (κ3) is 2.30. The van der Waals surface area contributed by atoms with Gasteiger partial charge in [0.2, 0.25) is 0 Å². The molecule has 0 atom stereocenters. The van der Waals surface area contributed by atoms with Crippen LogP contribution in [0.4, 0.5) is 0 Å². The normalized spacial score (nSPS) is 9.44. The lowest BCUT2D eigenvalue weighted by molar-refractivity contribution is 1.12. The van der Waals surface area contributed by atoms with Gasteiger partial charge in [-0.05, 0) is 18.1 Å². The second-order valence-corrected chi connectivity index (χ2v) is 2.79. The maximum atomic E-state index is 3.87. The summed E-state index contributed by atoms with van der Waals surface area (Å²) in [4.78, 5) is 3.87. The molecule has 1 aromatic heterocycles. The molecule has 0 aromatic carbocycles. The molecule has 0 fully saturated rings. The van der Waals surface area contributed by atoms with Gasteiger partial charge < -0.3 is 0 Å². The van der Waals surface area contributed by atoms with E-state index in [1.54, 1.807) is 6.20 Å². The molecule has 0 amide bonds. The molecule has 1 rings (SSSR count). The van der Waals surface area contributed by atoms with Crippen molar-refractivity contribution in [3.05, 3.63) is 30.1 Å². The molecule has 0 saturated carbocycles. The van der Waals surface area contributed by atoms with Crippen LogP contribution in [-0.2, 0) is 6.42 Å². The number of halogens is 1. The molecular weight excluding hydrogens is 225 g/mol. The zero-order valence-corrected chi connectivity index (χ0v) is 7.13. The lowest BCUT2D eigenvalue weighted by Gasteiger charge is -1.91. The molecule has 0 aliphatic rings. The van der Waals surface area contributed by atoms with Crippen LogP contribution in [0.15, 0.2) is 18.3 Å². The van der Waals surface area contributed by atoms with Gasteiger partial charge in [-0.3, -0.25) is 4.98 Å². The van der Waals surface area contributed by atoms with Crippen LogP contribution >= 0.6 is 22.6 Å². The summed E-state index contributed by atoms with van der Waals surface area (Å²) in [7, 11) is 0. The fraction of sp³-hybridized carbons (Fsp3) is 0.286. The summed E-state index contributed by atoms with van der Waals surface area (Å²) in [6.07, 6.45) is 5.74. The maximum Gasteiger partial charge on any atom is 0.0921 e. The first kappa shape index (κ1) is 6.99. The smallest absolute Gasteiger partial charge is 0.0921 e. The van der Waals surface area contributed by atoms with Gasteiger partial charge >= 0.3 is 0 Å². The molecule has 1 aromatic rings. The Morgan fingerprint density at radius 1 is 1.67 bits per heavy atom. The van der Waals surface area contributed by atoms with Crippen molar-refractivity contribution < 1.29 is 0 Å². The highest BCUT2D eigenvalue weighted by Gasteiger charge is 1.87. The molecule has 1 nitrogen and oxygen atoms in total. The van der Waals surface area contributed by atoms with Crippen LogP contribution in [0.3, 0.4) is 0 Å². The molecule has 9 heavy (non-hydrogen) atoms. The van der Waals surface area contributed by atoms with E-state index >= 15 is 0 Å². The first-order chi connectivity index (χ1) is 4.43. The molecule has 0 saturated heterocycles. The first-order valence-electron chi connectivity index (χ1n) is 2.81. The maximum absolute atomic E-state index is 3.87. The van der Waals surface area contributed by atoms with Crippen LogP contribution in [0.5, 0.6) is 0 Å². The Bertz CT molecular complexity index is 162. The van der Waals surface area contributed by atoms with Crippen LogP contribution in [0.2, 0.25) is 0 Å². The van der Waals surface area contributed by atoms with E-state index in [1.165, 1.54) is 5.56 Å². The number of hydrogen-bond acceptors (Lipinski definition) is 1. The van der Waals surface area contributed by atoms with Gasteiger partial charge in [-0.2, -0.15) is 0 Å². The van der Waals surface area contributed by atoms with Crippen molar-refractivity contribution >= 4 is 22.6 Å². The van der Waals surface area contributed by atoms with E-state index in [2.05, 4.69) is 33.8 Å². The van der Waals surface area contributed by atoms with Crippen LogP contribution in [0.25, 0.3) is 0 Å². The largest absolute Gasteiger partial charge is 0.254 e. The predicted octanol–water partition coefficient (Wildman–Crippen LogP) is 1.86. The number of aryl methyl sites for hydroxylation is 1. The minimum Gasteiger partial charge on any atom is -0.254 e. The highest BCUT2D eigenvalue weighted by molar-refractivity contribution is 14.1. The summed E-state index contributed by atoms with van der Waals surface area (Å²) < 4.78 is 1.14. The number of pyridine rings is 1. The first-order valence-corrected chi connectivity index (χ1v) is 4.33. The van der Waals surface area contributed by atoms with Gasteiger partial charge in [-0.25, -0.2) is 0 Å². The van der Waals surface area contributed by atoms with Crippen molar-refractivity contribution in [1.29, 1.82) is 0 Å². The van der Waals surface area contributed by atoms with E-state index in [0.717, 1.165) is 10.8 Å². The van der Waals surface area contributed by atoms with Crippen LogP contribution in [0.1, 0.15) is 5.56 Å². The van der Waals surface area contributed by atoms with Crippen molar-refractivity contribution in [3.8, 4) is 0 Å². The fourth-order valence-corrected chi connectivity index (χ4v) is 1.18. The van der Waals surface area contributed by atoms with Crippen molar-refractivity contribution in [2.75, 3.05) is 4.43 Å². The molecule has 1 heterocycles. The Hall–Kier alpha value is -0.120. The molecule has 47 valence electrons. The van der Waals surface area contributed by atoms with E-state index in [4.69, 9.17) is 0 Å². The van der Waals surface area contributed by atoms with Gasteiger partial charge in [-0.1, -0.05) is 28.7 Å². The van der Waals surface area contributed by atoms with E-state index in [-0.39, 0.29) is 0 Å². The second kappa shape index (κ2) is 3.82. The zero-order chi connectivity index (χ0) is 6.53. The third-order valence-electron chi connectivity index (χ3n) is 1.03. The Balaban J connectivity index is 2.61. The van der Waals surface area contributed by atoms with Crippen LogP contribution in [-0.4, -0.2) is 9.41 Å². The molecule has 0 bridgehead atoms.